The zero-order chi connectivity index (χ0) is 12.3. The van der Waals surface area contributed by atoms with Crippen LogP contribution in [-0.2, 0) is 11.3 Å². The molecule has 17 heavy (non-hydrogen) atoms. The fourth-order valence-electron chi connectivity index (χ4n) is 1.87. The lowest BCUT2D eigenvalue weighted by Crippen LogP contribution is -2.46. The highest BCUT2D eigenvalue weighted by molar-refractivity contribution is 9.11. The Kier molecular flexibility index (Phi) is 4.58. The molecule has 1 fully saturated rings. The zero-order valence-electron chi connectivity index (χ0n) is 9.80. The van der Waals surface area contributed by atoms with Gasteiger partial charge in [0.25, 0.3) is 0 Å². The Labute approximate surface area is 119 Å². The highest BCUT2D eigenvalue weighted by Crippen LogP contribution is 2.23. The van der Waals surface area contributed by atoms with Gasteiger partial charge in [0.2, 0.25) is 0 Å². The minimum Gasteiger partial charge on any atom is -0.381 e. The molecule has 1 N–H and O–H groups in total. The molecule has 1 aromatic rings. The molecule has 1 aliphatic heterocycles. The predicted molar refractivity (Wildman–Crippen MR) is 74.9 cm³/mol. The van der Waals surface area contributed by atoms with Crippen molar-refractivity contribution in [2.24, 2.45) is 0 Å². The second-order valence-corrected chi connectivity index (χ2v) is 6.38. The van der Waals surface area contributed by atoms with Gasteiger partial charge >= 0.3 is 0 Å². The van der Waals surface area contributed by atoms with E-state index >= 15 is 0 Å². The number of nitrogens with zero attached hydrogens (tertiary/aromatic N) is 1. The topological polar surface area (TPSA) is 34.2 Å². The van der Waals surface area contributed by atoms with E-state index in [0.717, 1.165) is 47.2 Å². The van der Waals surface area contributed by atoms with Gasteiger partial charge in [-0.1, -0.05) is 0 Å². The smallest absolute Gasteiger partial charge is 0.0684 e. The molecule has 3 nitrogen and oxygen atoms in total. The van der Waals surface area contributed by atoms with Crippen molar-refractivity contribution in [3.63, 3.8) is 0 Å². The molecule has 0 aromatic carbocycles. The first-order chi connectivity index (χ1) is 8.09. The Balaban J connectivity index is 1.97. The van der Waals surface area contributed by atoms with E-state index in [-0.39, 0.29) is 5.54 Å². The maximum Gasteiger partial charge on any atom is 0.0684 e. The Bertz CT molecular complexity index is 392. The minimum atomic E-state index is 0.173. The summed E-state index contributed by atoms with van der Waals surface area (Å²) in [5, 5.41) is 3.59. The summed E-state index contributed by atoms with van der Waals surface area (Å²) >= 11 is 6.94. The van der Waals surface area contributed by atoms with Gasteiger partial charge in [-0.25, -0.2) is 0 Å². The Hall–Kier alpha value is 0.0300. The van der Waals surface area contributed by atoms with Crippen molar-refractivity contribution in [1.29, 1.82) is 0 Å². The molecule has 0 radical (unpaired) electrons. The van der Waals surface area contributed by atoms with Gasteiger partial charge in [-0.3, -0.25) is 4.98 Å². The summed E-state index contributed by atoms with van der Waals surface area (Å²) in [5.74, 6) is 0. The van der Waals surface area contributed by atoms with Crippen molar-refractivity contribution in [2.75, 3.05) is 13.2 Å². The quantitative estimate of drug-likeness (QED) is 0.894. The van der Waals surface area contributed by atoms with Gasteiger partial charge in [0.15, 0.2) is 0 Å². The van der Waals surface area contributed by atoms with Crippen molar-refractivity contribution in [2.45, 2.75) is 31.8 Å². The number of hydrogen-bond donors (Lipinski definition) is 1. The molecule has 1 aliphatic rings. The first kappa shape index (κ1) is 13.5. The molecule has 2 rings (SSSR count). The first-order valence-corrected chi connectivity index (χ1v) is 7.30. The molecule has 94 valence electrons. The second kappa shape index (κ2) is 5.78. The SMILES string of the molecule is CC1(NCc2ncc(Br)cc2Br)CCOCC1. The van der Waals surface area contributed by atoms with Crippen molar-refractivity contribution in [3.05, 3.63) is 26.9 Å². The van der Waals surface area contributed by atoms with E-state index < -0.39 is 0 Å². The van der Waals surface area contributed by atoms with Gasteiger partial charge in [-0.2, -0.15) is 0 Å². The van der Waals surface area contributed by atoms with Gasteiger partial charge in [-0.05, 0) is 57.7 Å². The highest BCUT2D eigenvalue weighted by atomic mass is 79.9. The van der Waals surface area contributed by atoms with Gasteiger partial charge in [0, 0.05) is 40.4 Å². The normalized spacial score (nSPS) is 19.2. The number of pyridine rings is 1. The third-order valence-corrected chi connectivity index (χ3v) is 4.28. The highest BCUT2D eigenvalue weighted by Gasteiger charge is 2.26. The molecule has 0 aliphatic carbocycles. The summed E-state index contributed by atoms with van der Waals surface area (Å²) in [6.45, 7) is 4.73. The third-order valence-electron chi connectivity index (χ3n) is 3.16. The summed E-state index contributed by atoms with van der Waals surface area (Å²) in [7, 11) is 0. The van der Waals surface area contributed by atoms with Gasteiger partial charge in [0.05, 0.1) is 5.69 Å². The van der Waals surface area contributed by atoms with Gasteiger partial charge in [0.1, 0.15) is 0 Å². The Morgan fingerprint density at radius 1 is 1.41 bits per heavy atom. The average Bonchev–Trinajstić information content (AvgIpc) is 2.29. The lowest BCUT2D eigenvalue weighted by atomic mass is 9.92. The largest absolute Gasteiger partial charge is 0.381 e. The average molecular weight is 364 g/mol. The lowest BCUT2D eigenvalue weighted by Gasteiger charge is -2.34. The number of halogens is 2. The van der Waals surface area contributed by atoms with Gasteiger partial charge in [-0.15, -0.1) is 0 Å². The van der Waals surface area contributed by atoms with Crippen LogP contribution in [0.25, 0.3) is 0 Å². The molecule has 1 aromatic heterocycles. The summed E-state index contributed by atoms with van der Waals surface area (Å²) in [5.41, 5.74) is 1.22. The second-order valence-electron chi connectivity index (χ2n) is 4.61. The summed E-state index contributed by atoms with van der Waals surface area (Å²) in [6, 6.07) is 2.02. The van der Waals surface area contributed by atoms with Crippen molar-refractivity contribution >= 4 is 31.9 Å². The van der Waals surface area contributed by atoms with Crippen LogP contribution in [0.1, 0.15) is 25.5 Å². The van der Waals surface area contributed by atoms with E-state index in [1.807, 2.05) is 12.3 Å². The molecule has 0 atom stereocenters. The van der Waals surface area contributed by atoms with Crippen LogP contribution in [0.15, 0.2) is 21.2 Å². The Morgan fingerprint density at radius 3 is 2.76 bits per heavy atom. The lowest BCUT2D eigenvalue weighted by molar-refractivity contribution is 0.0444. The van der Waals surface area contributed by atoms with Crippen LogP contribution in [0, 0.1) is 0 Å². The maximum absolute atomic E-state index is 5.39. The summed E-state index contributed by atoms with van der Waals surface area (Å²) < 4.78 is 7.41. The van der Waals surface area contributed by atoms with E-state index in [1.165, 1.54) is 0 Å². The van der Waals surface area contributed by atoms with Gasteiger partial charge < -0.3 is 10.1 Å². The molecule has 0 saturated carbocycles. The third kappa shape index (κ3) is 3.74. The van der Waals surface area contributed by atoms with Crippen LogP contribution in [0.5, 0.6) is 0 Å². The molecule has 0 unspecified atom stereocenters. The minimum absolute atomic E-state index is 0.173. The first-order valence-electron chi connectivity index (χ1n) is 5.72. The van der Waals surface area contributed by atoms with Crippen LogP contribution in [0.3, 0.4) is 0 Å². The molecular weight excluding hydrogens is 348 g/mol. The number of rotatable bonds is 3. The van der Waals surface area contributed by atoms with Crippen LogP contribution >= 0.6 is 31.9 Å². The van der Waals surface area contributed by atoms with Crippen molar-refractivity contribution in [1.82, 2.24) is 10.3 Å². The summed E-state index contributed by atoms with van der Waals surface area (Å²) in [6.07, 6.45) is 3.94. The van der Waals surface area contributed by atoms with Crippen LogP contribution in [0.4, 0.5) is 0 Å². The molecule has 0 amide bonds. The summed E-state index contributed by atoms with van der Waals surface area (Å²) in [4.78, 5) is 4.41. The number of ether oxygens (including phenoxy) is 1. The predicted octanol–water partition coefficient (Wildman–Crippen LogP) is 3.27. The van der Waals surface area contributed by atoms with E-state index in [2.05, 4.69) is 49.1 Å². The van der Waals surface area contributed by atoms with Crippen molar-refractivity contribution < 1.29 is 4.74 Å². The molecular formula is C12H16Br2N2O. The number of hydrogen-bond acceptors (Lipinski definition) is 3. The van der Waals surface area contributed by atoms with Crippen LogP contribution in [0.2, 0.25) is 0 Å². The van der Waals surface area contributed by atoms with Crippen LogP contribution in [-0.4, -0.2) is 23.7 Å². The van der Waals surface area contributed by atoms with E-state index in [4.69, 9.17) is 4.74 Å². The number of nitrogens with one attached hydrogen (secondary N) is 1. The molecule has 1 saturated heterocycles. The zero-order valence-corrected chi connectivity index (χ0v) is 13.0. The monoisotopic (exact) mass is 362 g/mol. The standard InChI is InChI=1S/C12H16Br2N2O/c1-12(2-4-17-5-3-12)16-8-11-10(14)6-9(13)7-15-11/h6-7,16H,2-5,8H2,1H3. The van der Waals surface area contributed by atoms with Crippen molar-refractivity contribution in [3.8, 4) is 0 Å². The Morgan fingerprint density at radius 2 is 2.12 bits per heavy atom. The fraction of sp³-hybridized carbons (Fsp3) is 0.583. The van der Waals surface area contributed by atoms with E-state index in [9.17, 15) is 0 Å². The number of aromatic nitrogens is 1. The van der Waals surface area contributed by atoms with E-state index in [0.29, 0.717) is 0 Å². The fourth-order valence-corrected chi connectivity index (χ4v) is 3.00. The molecule has 0 bridgehead atoms. The van der Waals surface area contributed by atoms with E-state index in [1.54, 1.807) is 0 Å². The maximum atomic E-state index is 5.39. The molecule has 0 spiro atoms. The van der Waals surface area contributed by atoms with Crippen LogP contribution < -0.4 is 5.32 Å². The molecule has 2 heterocycles. The molecule has 5 heteroatoms.